The van der Waals surface area contributed by atoms with Crippen molar-refractivity contribution in [3.63, 3.8) is 0 Å². The molecule has 72 valence electrons. The Morgan fingerprint density at radius 1 is 1.46 bits per heavy atom. The highest BCUT2D eigenvalue weighted by Gasteiger charge is 2.16. The van der Waals surface area contributed by atoms with Gasteiger partial charge in [-0.3, -0.25) is 0 Å². The summed E-state index contributed by atoms with van der Waals surface area (Å²) in [4.78, 5) is 0. The van der Waals surface area contributed by atoms with Crippen LogP contribution in [0.25, 0.3) is 0 Å². The van der Waals surface area contributed by atoms with Gasteiger partial charge in [-0.2, -0.15) is 11.8 Å². The van der Waals surface area contributed by atoms with E-state index in [4.69, 9.17) is 5.73 Å². The topological polar surface area (TPSA) is 26.0 Å². The first-order valence-corrected chi connectivity index (χ1v) is 5.84. The second-order valence-electron chi connectivity index (χ2n) is 2.96. The Kier molecular flexibility index (Phi) is 4.10. The van der Waals surface area contributed by atoms with Crippen molar-refractivity contribution in [1.82, 2.24) is 0 Å². The molecule has 0 saturated heterocycles. The Balaban J connectivity index is 0.000000845. The van der Waals surface area contributed by atoms with E-state index in [0.29, 0.717) is 0 Å². The van der Waals surface area contributed by atoms with Gasteiger partial charge in [0.1, 0.15) is 0 Å². The molecule has 1 aliphatic heterocycles. The van der Waals surface area contributed by atoms with E-state index in [2.05, 4.69) is 34.1 Å². The summed E-state index contributed by atoms with van der Waals surface area (Å²) < 4.78 is 1.15. The number of hydrogen-bond donors (Lipinski definition) is 1. The zero-order chi connectivity index (χ0) is 8.55. The lowest BCUT2D eigenvalue weighted by Crippen LogP contribution is -2.18. The van der Waals surface area contributed by atoms with Crippen molar-refractivity contribution in [1.29, 1.82) is 0 Å². The summed E-state index contributed by atoms with van der Waals surface area (Å²) in [6.45, 7) is 0. The van der Waals surface area contributed by atoms with Gasteiger partial charge in [0.15, 0.2) is 0 Å². The maximum absolute atomic E-state index is 5.96. The first-order chi connectivity index (χ1) is 5.77. The molecule has 1 aromatic carbocycles. The summed E-state index contributed by atoms with van der Waals surface area (Å²) in [5, 5.41) is 0. The highest BCUT2D eigenvalue weighted by Crippen LogP contribution is 2.31. The third-order valence-electron chi connectivity index (χ3n) is 2.06. The van der Waals surface area contributed by atoms with Gasteiger partial charge in [-0.1, -0.05) is 22.0 Å². The third-order valence-corrected chi connectivity index (χ3v) is 3.66. The van der Waals surface area contributed by atoms with Gasteiger partial charge in [0.25, 0.3) is 0 Å². The van der Waals surface area contributed by atoms with Crippen LogP contribution >= 0.6 is 40.1 Å². The smallest absolute Gasteiger partial charge is 0.0389 e. The van der Waals surface area contributed by atoms with Crippen LogP contribution in [0.2, 0.25) is 0 Å². The molecule has 0 spiro atoms. The van der Waals surface area contributed by atoms with Gasteiger partial charge < -0.3 is 5.73 Å². The maximum atomic E-state index is 5.96. The van der Waals surface area contributed by atoms with Gasteiger partial charge in [-0.05, 0) is 23.3 Å². The number of benzene rings is 1. The molecular weight excluding hydrogens is 270 g/mol. The van der Waals surface area contributed by atoms with Crippen LogP contribution in [-0.2, 0) is 5.75 Å². The van der Waals surface area contributed by atoms with Crippen LogP contribution in [-0.4, -0.2) is 5.75 Å². The van der Waals surface area contributed by atoms with Gasteiger partial charge in [0.2, 0.25) is 0 Å². The van der Waals surface area contributed by atoms with E-state index in [9.17, 15) is 0 Å². The number of fused-ring (bicyclic) bond motifs is 1. The van der Waals surface area contributed by atoms with Crippen LogP contribution in [0.1, 0.15) is 17.2 Å². The molecular formula is C9H11BrClNS. The summed E-state index contributed by atoms with van der Waals surface area (Å²) in [6, 6.07) is 6.59. The van der Waals surface area contributed by atoms with Gasteiger partial charge in [-0.25, -0.2) is 0 Å². The summed E-state index contributed by atoms with van der Waals surface area (Å²) in [6.07, 6.45) is 0. The molecule has 0 amide bonds. The Morgan fingerprint density at radius 3 is 3.00 bits per heavy atom. The van der Waals surface area contributed by atoms with E-state index in [1.54, 1.807) is 0 Å². The predicted molar refractivity (Wildman–Crippen MR) is 64.5 cm³/mol. The molecule has 1 heterocycles. The summed E-state index contributed by atoms with van der Waals surface area (Å²) in [7, 11) is 0. The lowest BCUT2D eigenvalue weighted by Gasteiger charge is -2.21. The molecule has 0 fully saturated rings. The van der Waals surface area contributed by atoms with E-state index in [1.165, 1.54) is 11.1 Å². The molecule has 0 saturated carbocycles. The van der Waals surface area contributed by atoms with Crippen LogP contribution in [0.4, 0.5) is 0 Å². The molecule has 0 radical (unpaired) electrons. The summed E-state index contributed by atoms with van der Waals surface area (Å²) >= 11 is 5.37. The summed E-state index contributed by atoms with van der Waals surface area (Å²) in [5.41, 5.74) is 8.66. The lowest BCUT2D eigenvalue weighted by atomic mass is 10.0. The highest BCUT2D eigenvalue weighted by molar-refractivity contribution is 9.10. The zero-order valence-corrected chi connectivity index (χ0v) is 10.2. The number of halogens is 2. The van der Waals surface area contributed by atoms with Crippen LogP contribution in [0.5, 0.6) is 0 Å². The number of hydrogen-bond acceptors (Lipinski definition) is 2. The zero-order valence-electron chi connectivity index (χ0n) is 7.00. The third kappa shape index (κ3) is 2.40. The fourth-order valence-electron chi connectivity index (χ4n) is 1.45. The fraction of sp³-hybridized carbons (Fsp3) is 0.333. The van der Waals surface area contributed by atoms with Crippen LogP contribution < -0.4 is 5.73 Å². The van der Waals surface area contributed by atoms with E-state index >= 15 is 0 Å². The molecule has 0 unspecified atom stereocenters. The van der Waals surface area contributed by atoms with Crippen molar-refractivity contribution in [2.24, 2.45) is 5.73 Å². The number of rotatable bonds is 0. The predicted octanol–water partition coefficient (Wildman–Crippen LogP) is 3.12. The van der Waals surface area contributed by atoms with Crippen LogP contribution in [0.15, 0.2) is 22.7 Å². The molecule has 0 aliphatic carbocycles. The summed E-state index contributed by atoms with van der Waals surface area (Å²) in [5.74, 6) is 2.15. The van der Waals surface area contributed by atoms with Crippen molar-refractivity contribution in [3.8, 4) is 0 Å². The molecule has 1 nitrogen and oxygen atoms in total. The van der Waals surface area contributed by atoms with E-state index in [1.807, 2.05) is 11.8 Å². The van der Waals surface area contributed by atoms with Gasteiger partial charge >= 0.3 is 0 Å². The minimum Gasteiger partial charge on any atom is -0.323 e. The molecule has 0 bridgehead atoms. The Bertz CT molecular complexity index is 306. The Morgan fingerprint density at radius 2 is 2.23 bits per heavy atom. The van der Waals surface area contributed by atoms with Gasteiger partial charge in [0.05, 0.1) is 0 Å². The molecule has 13 heavy (non-hydrogen) atoms. The standard InChI is InChI=1S/C9H10BrNS.ClH/c10-7-1-2-8-6(3-7)4-12-5-9(8)11;/h1-3,9H,4-5,11H2;1H/t9-;/m1./s1. The van der Waals surface area contributed by atoms with Gasteiger partial charge in [-0.15, -0.1) is 12.4 Å². The lowest BCUT2D eigenvalue weighted by molar-refractivity contribution is 0.809. The fourth-order valence-corrected chi connectivity index (χ4v) is 2.88. The monoisotopic (exact) mass is 279 g/mol. The minimum absolute atomic E-state index is 0. The van der Waals surface area contributed by atoms with E-state index in [0.717, 1.165) is 16.0 Å². The normalized spacial score (nSPS) is 20.3. The van der Waals surface area contributed by atoms with E-state index < -0.39 is 0 Å². The maximum Gasteiger partial charge on any atom is 0.0389 e. The van der Waals surface area contributed by atoms with Crippen molar-refractivity contribution in [2.45, 2.75) is 11.8 Å². The van der Waals surface area contributed by atoms with Crippen molar-refractivity contribution in [2.75, 3.05) is 5.75 Å². The molecule has 1 aromatic rings. The Labute approximate surface area is 97.0 Å². The molecule has 2 N–H and O–H groups in total. The SMILES string of the molecule is Cl.N[C@@H]1CSCc2cc(Br)ccc21. The Hall–Kier alpha value is 0.300. The van der Waals surface area contributed by atoms with Crippen LogP contribution in [0, 0.1) is 0 Å². The van der Waals surface area contributed by atoms with E-state index in [-0.39, 0.29) is 18.4 Å². The minimum atomic E-state index is 0. The number of thioether (sulfide) groups is 1. The van der Waals surface area contributed by atoms with Crippen molar-refractivity contribution in [3.05, 3.63) is 33.8 Å². The van der Waals surface area contributed by atoms with Crippen molar-refractivity contribution < 1.29 is 0 Å². The molecule has 2 rings (SSSR count). The van der Waals surface area contributed by atoms with Crippen molar-refractivity contribution >= 4 is 40.1 Å². The average molecular weight is 281 g/mol. The van der Waals surface area contributed by atoms with Crippen LogP contribution in [0.3, 0.4) is 0 Å². The van der Waals surface area contributed by atoms with Gasteiger partial charge in [0, 0.05) is 22.0 Å². The first-order valence-electron chi connectivity index (χ1n) is 3.89. The molecule has 4 heteroatoms. The molecule has 0 aromatic heterocycles. The average Bonchev–Trinajstić information content (AvgIpc) is 2.04. The molecule has 1 atom stereocenters. The quantitative estimate of drug-likeness (QED) is 0.790. The highest BCUT2D eigenvalue weighted by atomic mass is 79.9. The number of nitrogens with two attached hydrogens (primary N) is 1. The molecule has 1 aliphatic rings. The second kappa shape index (κ2) is 4.69. The first kappa shape index (κ1) is 11.4. The second-order valence-corrected chi connectivity index (χ2v) is 4.91. The largest absolute Gasteiger partial charge is 0.323 e.